The largest absolute Gasteiger partial charge is 0.495 e. The van der Waals surface area contributed by atoms with Crippen LogP contribution in [0, 0.1) is 11.8 Å². The highest BCUT2D eigenvalue weighted by Crippen LogP contribution is 2.19. The molecule has 1 rings (SSSR count). The van der Waals surface area contributed by atoms with E-state index in [4.69, 9.17) is 10.5 Å². The van der Waals surface area contributed by atoms with Crippen LogP contribution in [0.15, 0.2) is 18.2 Å². The van der Waals surface area contributed by atoms with E-state index in [9.17, 15) is 9.59 Å². The predicted octanol–water partition coefficient (Wildman–Crippen LogP) is 0.297. The third kappa shape index (κ3) is 4.51. The SMILES string of the molecule is COC(=O)C(C)NC(=O)c1ccc(OC)c(C#CCN)c1. The van der Waals surface area contributed by atoms with Crippen LogP contribution in [0.4, 0.5) is 0 Å². The molecule has 3 N–H and O–H groups in total. The van der Waals surface area contributed by atoms with Crippen molar-refractivity contribution in [3.63, 3.8) is 0 Å². The van der Waals surface area contributed by atoms with Crippen molar-refractivity contribution in [1.82, 2.24) is 5.32 Å². The van der Waals surface area contributed by atoms with Crippen LogP contribution in [0.5, 0.6) is 5.75 Å². The number of benzene rings is 1. The molecule has 0 spiro atoms. The van der Waals surface area contributed by atoms with Crippen molar-refractivity contribution >= 4 is 11.9 Å². The van der Waals surface area contributed by atoms with Gasteiger partial charge in [-0.25, -0.2) is 4.79 Å². The number of carbonyl (C=O) groups excluding carboxylic acids is 2. The maximum Gasteiger partial charge on any atom is 0.328 e. The fourth-order valence-electron chi connectivity index (χ4n) is 1.61. The van der Waals surface area contributed by atoms with Gasteiger partial charge in [0, 0.05) is 5.56 Å². The number of methoxy groups -OCH3 is 2. The van der Waals surface area contributed by atoms with Crippen LogP contribution in [0.3, 0.4) is 0 Å². The number of ether oxygens (including phenoxy) is 2. The quantitative estimate of drug-likeness (QED) is 0.614. The molecule has 1 amide bonds. The Hall–Kier alpha value is -2.52. The standard InChI is InChI=1S/C15H18N2O4/c1-10(15(19)21-3)17-14(18)12-6-7-13(20-2)11(9-12)5-4-8-16/h6-7,9-10H,8,16H2,1-3H3,(H,17,18). The lowest BCUT2D eigenvalue weighted by atomic mass is 10.1. The number of nitrogens with one attached hydrogen (secondary N) is 1. The lowest BCUT2D eigenvalue weighted by molar-refractivity contribution is -0.142. The van der Waals surface area contributed by atoms with Gasteiger partial charge in [-0.3, -0.25) is 4.79 Å². The van der Waals surface area contributed by atoms with E-state index in [0.717, 1.165) is 0 Å². The molecule has 1 aromatic carbocycles. The number of rotatable bonds is 4. The lowest BCUT2D eigenvalue weighted by Gasteiger charge is -2.12. The average Bonchev–Trinajstić information content (AvgIpc) is 2.51. The molecule has 1 unspecified atom stereocenters. The van der Waals surface area contributed by atoms with Gasteiger partial charge in [0.25, 0.3) is 5.91 Å². The zero-order chi connectivity index (χ0) is 15.8. The van der Waals surface area contributed by atoms with Gasteiger partial charge in [0.2, 0.25) is 0 Å². The highest BCUT2D eigenvalue weighted by atomic mass is 16.5. The zero-order valence-electron chi connectivity index (χ0n) is 12.2. The highest BCUT2D eigenvalue weighted by molar-refractivity contribution is 5.97. The molecule has 0 saturated heterocycles. The first-order valence-electron chi connectivity index (χ1n) is 6.29. The summed E-state index contributed by atoms with van der Waals surface area (Å²) >= 11 is 0. The fourth-order valence-corrected chi connectivity index (χ4v) is 1.61. The van der Waals surface area contributed by atoms with E-state index in [1.807, 2.05) is 0 Å². The summed E-state index contributed by atoms with van der Waals surface area (Å²) in [7, 11) is 2.78. The minimum Gasteiger partial charge on any atom is -0.495 e. The number of hydrogen-bond donors (Lipinski definition) is 2. The molecular formula is C15H18N2O4. The molecule has 0 fully saturated rings. The van der Waals surface area contributed by atoms with E-state index >= 15 is 0 Å². The molecule has 6 heteroatoms. The summed E-state index contributed by atoms with van der Waals surface area (Å²) < 4.78 is 9.72. The van der Waals surface area contributed by atoms with E-state index < -0.39 is 17.9 Å². The predicted molar refractivity (Wildman–Crippen MR) is 77.9 cm³/mol. The molecule has 0 aliphatic rings. The van der Waals surface area contributed by atoms with Gasteiger partial charge >= 0.3 is 5.97 Å². The summed E-state index contributed by atoms with van der Waals surface area (Å²) in [6, 6.07) is 4.08. The van der Waals surface area contributed by atoms with Crippen molar-refractivity contribution in [2.45, 2.75) is 13.0 Å². The molecule has 6 nitrogen and oxygen atoms in total. The Morgan fingerprint density at radius 3 is 2.67 bits per heavy atom. The van der Waals surface area contributed by atoms with Crippen LogP contribution in [0.1, 0.15) is 22.8 Å². The number of nitrogens with two attached hydrogens (primary N) is 1. The van der Waals surface area contributed by atoms with Crippen molar-refractivity contribution in [1.29, 1.82) is 0 Å². The maximum atomic E-state index is 12.1. The summed E-state index contributed by atoms with van der Waals surface area (Å²) in [5, 5.41) is 2.54. The summed E-state index contributed by atoms with van der Waals surface area (Å²) in [6.07, 6.45) is 0. The molecule has 0 aliphatic carbocycles. The van der Waals surface area contributed by atoms with Gasteiger partial charge in [0.05, 0.1) is 26.3 Å². The first-order valence-corrected chi connectivity index (χ1v) is 6.29. The van der Waals surface area contributed by atoms with Gasteiger partial charge in [0.15, 0.2) is 0 Å². The Balaban J connectivity index is 2.98. The normalized spacial score (nSPS) is 10.9. The molecule has 0 bridgehead atoms. The van der Waals surface area contributed by atoms with Gasteiger partial charge in [-0.1, -0.05) is 11.8 Å². The molecule has 1 aromatic rings. The van der Waals surface area contributed by atoms with Crippen molar-refractivity contribution in [2.75, 3.05) is 20.8 Å². The van der Waals surface area contributed by atoms with E-state index in [-0.39, 0.29) is 6.54 Å². The van der Waals surface area contributed by atoms with E-state index in [2.05, 4.69) is 21.9 Å². The fraction of sp³-hybridized carbons (Fsp3) is 0.333. The Morgan fingerprint density at radius 2 is 2.10 bits per heavy atom. The molecule has 1 atom stereocenters. The summed E-state index contributed by atoms with van der Waals surface area (Å²) in [5.74, 6) is 5.18. The zero-order valence-corrected chi connectivity index (χ0v) is 12.2. The minimum atomic E-state index is -0.733. The molecule has 0 heterocycles. The molecule has 0 aliphatic heterocycles. The molecule has 21 heavy (non-hydrogen) atoms. The van der Waals surface area contributed by atoms with Gasteiger partial charge < -0.3 is 20.5 Å². The highest BCUT2D eigenvalue weighted by Gasteiger charge is 2.17. The van der Waals surface area contributed by atoms with Gasteiger partial charge in [-0.05, 0) is 25.1 Å². The van der Waals surface area contributed by atoms with Crippen LogP contribution in [0.25, 0.3) is 0 Å². The first kappa shape index (κ1) is 16.5. The van der Waals surface area contributed by atoms with Crippen LogP contribution >= 0.6 is 0 Å². The van der Waals surface area contributed by atoms with E-state index in [1.165, 1.54) is 14.2 Å². The minimum absolute atomic E-state index is 0.207. The number of hydrogen-bond acceptors (Lipinski definition) is 5. The second-order valence-electron chi connectivity index (χ2n) is 4.14. The Labute approximate surface area is 123 Å². The maximum absolute atomic E-state index is 12.1. The number of amides is 1. The second kappa shape index (κ2) is 7.92. The molecular weight excluding hydrogens is 272 g/mol. The molecule has 112 valence electrons. The van der Waals surface area contributed by atoms with Crippen molar-refractivity contribution < 1.29 is 19.1 Å². The van der Waals surface area contributed by atoms with E-state index in [1.54, 1.807) is 25.1 Å². The molecule has 0 aromatic heterocycles. The Morgan fingerprint density at radius 1 is 1.38 bits per heavy atom. The monoisotopic (exact) mass is 290 g/mol. The summed E-state index contributed by atoms with van der Waals surface area (Å²) in [4.78, 5) is 23.4. The van der Waals surface area contributed by atoms with Gasteiger partial charge in [0.1, 0.15) is 11.8 Å². The third-order valence-corrected chi connectivity index (χ3v) is 2.69. The third-order valence-electron chi connectivity index (χ3n) is 2.69. The van der Waals surface area contributed by atoms with Crippen LogP contribution in [0.2, 0.25) is 0 Å². The van der Waals surface area contributed by atoms with Crippen molar-refractivity contribution in [3.8, 4) is 17.6 Å². The van der Waals surface area contributed by atoms with Crippen LogP contribution in [-0.4, -0.2) is 38.7 Å². The van der Waals surface area contributed by atoms with Gasteiger partial charge in [-0.2, -0.15) is 0 Å². The van der Waals surface area contributed by atoms with Crippen LogP contribution in [-0.2, 0) is 9.53 Å². The molecule has 0 saturated carbocycles. The smallest absolute Gasteiger partial charge is 0.328 e. The first-order chi connectivity index (χ1) is 10.0. The topological polar surface area (TPSA) is 90.6 Å². The number of carbonyl (C=O) groups is 2. The van der Waals surface area contributed by atoms with E-state index in [0.29, 0.717) is 16.9 Å². The van der Waals surface area contributed by atoms with Gasteiger partial charge in [-0.15, -0.1) is 0 Å². The second-order valence-corrected chi connectivity index (χ2v) is 4.14. The van der Waals surface area contributed by atoms with Crippen LogP contribution < -0.4 is 15.8 Å². The summed E-state index contributed by atoms with van der Waals surface area (Å²) in [5.41, 5.74) is 6.26. The number of esters is 1. The lowest BCUT2D eigenvalue weighted by Crippen LogP contribution is -2.39. The summed E-state index contributed by atoms with van der Waals surface area (Å²) in [6.45, 7) is 1.75. The van der Waals surface area contributed by atoms with Crippen molar-refractivity contribution in [3.05, 3.63) is 29.3 Å². The van der Waals surface area contributed by atoms with Crippen molar-refractivity contribution in [2.24, 2.45) is 5.73 Å². The Kier molecular flexibility index (Phi) is 6.24. The Bertz CT molecular complexity index is 587. The molecule has 0 radical (unpaired) electrons. The average molecular weight is 290 g/mol.